The molecule has 0 fully saturated rings. The van der Waals surface area contributed by atoms with Gasteiger partial charge in [0.15, 0.2) is 0 Å². The summed E-state index contributed by atoms with van der Waals surface area (Å²) in [6.45, 7) is 0.107. The highest BCUT2D eigenvalue weighted by molar-refractivity contribution is 6.30. The molecule has 0 saturated carbocycles. The maximum absolute atomic E-state index is 13.5. The lowest BCUT2D eigenvalue weighted by molar-refractivity contribution is 0.596. The molecule has 2 rings (SSSR count). The lowest BCUT2D eigenvalue weighted by Gasteiger charge is -2.07. The van der Waals surface area contributed by atoms with Crippen molar-refractivity contribution in [3.05, 3.63) is 63.3 Å². The Morgan fingerprint density at radius 2 is 2.12 bits per heavy atom. The van der Waals surface area contributed by atoms with Crippen LogP contribution >= 0.6 is 11.6 Å². The van der Waals surface area contributed by atoms with Gasteiger partial charge in [0.2, 0.25) is 0 Å². The molecular formula is C12H10ClFN2O. The van der Waals surface area contributed by atoms with E-state index in [0.29, 0.717) is 10.6 Å². The molecular weight excluding hydrogens is 243 g/mol. The molecule has 0 bridgehead atoms. The van der Waals surface area contributed by atoms with E-state index in [-0.39, 0.29) is 17.8 Å². The van der Waals surface area contributed by atoms with Gasteiger partial charge in [-0.25, -0.2) is 4.39 Å². The van der Waals surface area contributed by atoms with E-state index in [0.717, 1.165) is 0 Å². The summed E-state index contributed by atoms with van der Waals surface area (Å²) < 4.78 is 14.8. The van der Waals surface area contributed by atoms with E-state index in [9.17, 15) is 9.18 Å². The van der Waals surface area contributed by atoms with Gasteiger partial charge < -0.3 is 10.3 Å². The molecule has 0 aliphatic carbocycles. The van der Waals surface area contributed by atoms with Crippen molar-refractivity contribution in [2.24, 2.45) is 0 Å². The normalized spacial score (nSPS) is 10.5. The molecule has 1 aromatic heterocycles. The number of pyridine rings is 1. The maximum Gasteiger partial charge on any atom is 0.273 e. The summed E-state index contributed by atoms with van der Waals surface area (Å²) in [6, 6.07) is 7.37. The second-order valence-corrected chi connectivity index (χ2v) is 4.07. The number of benzene rings is 1. The van der Waals surface area contributed by atoms with Gasteiger partial charge in [-0.2, -0.15) is 0 Å². The standard InChI is InChI=1S/C12H10ClFN2O/c13-9-3-4-10(14)8(6-9)7-16-5-1-2-11(15)12(16)17/h1-6H,7,15H2. The summed E-state index contributed by atoms with van der Waals surface area (Å²) in [7, 11) is 0. The Labute approximate surface area is 102 Å². The van der Waals surface area contributed by atoms with Crippen LogP contribution in [0, 0.1) is 5.82 Å². The fourth-order valence-electron chi connectivity index (χ4n) is 1.53. The molecule has 2 N–H and O–H groups in total. The van der Waals surface area contributed by atoms with Crippen molar-refractivity contribution in [2.75, 3.05) is 5.73 Å². The first-order valence-electron chi connectivity index (χ1n) is 4.97. The van der Waals surface area contributed by atoms with Crippen LogP contribution in [0.15, 0.2) is 41.3 Å². The number of nitrogen functional groups attached to an aromatic ring is 1. The summed E-state index contributed by atoms with van der Waals surface area (Å²) >= 11 is 5.78. The first-order chi connectivity index (χ1) is 8.08. The Morgan fingerprint density at radius 1 is 1.35 bits per heavy atom. The molecule has 2 aromatic rings. The van der Waals surface area contributed by atoms with Gasteiger partial charge in [-0.1, -0.05) is 11.6 Å². The van der Waals surface area contributed by atoms with E-state index < -0.39 is 5.82 Å². The van der Waals surface area contributed by atoms with Crippen LogP contribution in [-0.2, 0) is 6.54 Å². The fourth-order valence-corrected chi connectivity index (χ4v) is 1.72. The van der Waals surface area contributed by atoms with E-state index in [1.165, 1.54) is 28.8 Å². The first-order valence-corrected chi connectivity index (χ1v) is 5.34. The lowest BCUT2D eigenvalue weighted by Crippen LogP contribution is -2.22. The average Bonchev–Trinajstić information content (AvgIpc) is 2.30. The van der Waals surface area contributed by atoms with Crippen LogP contribution in [0.4, 0.5) is 10.1 Å². The van der Waals surface area contributed by atoms with Crippen LogP contribution in [0.25, 0.3) is 0 Å². The number of halogens is 2. The van der Waals surface area contributed by atoms with Crippen molar-refractivity contribution >= 4 is 17.3 Å². The van der Waals surface area contributed by atoms with Crippen molar-refractivity contribution in [2.45, 2.75) is 6.54 Å². The third-order valence-corrected chi connectivity index (χ3v) is 2.63. The van der Waals surface area contributed by atoms with Crippen LogP contribution in [0.5, 0.6) is 0 Å². The van der Waals surface area contributed by atoms with Crippen LogP contribution in [0.2, 0.25) is 5.02 Å². The number of nitrogens with two attached hydrogens (primary N) is 1. The molecule has 0 radical (unpaired) electrons. The Kier molecular flexibility index (Phi) is 3.15. The number of nitrogens with zero attached hydrogens (tertiary/aromatic N) is 1. The smallest absolute Gasteiger partial charge is 0.273 e. The van der Waals surface area contributed by atoms with Crippen LogP contribution < -0.4 is 11.3 Å². The Balaban J connectivity index is 2.41. The van der Waals surface area contributed by atoms with Crippen molar-refractivity contribution in [3.8, 4) is 0 Å². The Morgan fingerprint density at radius 3 is 2.88 bits per heavy atom. The van der Waals surface area contributed by atoms with Crippen LogP contribution in [-0.4, -0.2) is 4.57 Å². The topological polar surface area (TPSA) is 48.0 Å². The molecule has 1 aromatic carbocycles. The van der Waals surface area contributed by atoms with Crippen LogP contribution in [0.3, 0.4) is 0 Å². The Bertz CT molecular complexity index is 610. The lowest BCUT2D eigenvalue weighted by atomic mass is 10.2. The first kappa shape index (κ1) is 11.7. The number of rotatable bonds is 2. The second-order valence-electron chi connectivity index (χ2n) is 3.63. The molecule has 0 amide bonds. The molecule has 0 saturated heterocycles. The van der Waals surface area contributed by atoms with Crippen molar-refractivity contribution < 1.29 is 4.39 Å². The van der Waals surface area contributed by atoms with E-state index in [1.54, 1.807) is 12.3 Å². The van der Waals surface area contributed by atoms with Gasteiger partial charge in [0.25, 0.3) is 5.56 Å². The molecule has 3 nitrogen and oxygen atoms in total. The van der Waals surface area contributed by atoms with Crippen molar-refractivity contribution in [1.82, 2.24) is 4.57 Å². The third-order valence-electron chi connectivity index (χ3n) is 2.40. The number of hydrogen-bond donors (Lipinski definition) is 1. The molecule has 0 atom stereocenters. The quantitative estimate of drug-likeness (QED) is 0.891. The summed E-state index contributed by atoms with van der Waals surface area (Å²) in [5, 5.41) is 0.429. The monoisotopic (exact) mass is 252 g/mol. The van der Waals surface area contributed by atoms with Gasteiger partial charge in [0.05, 0.1) is 12.2 Å². The minimum Gasteiger partial charge on any atom is -0.394 e. The molecule has 17 heavy (non-hydrogen) atoms. The third kappa shape index (κ3) is 2.47. The van der Waals surface area contributed by atoms with Crippen molar-refractivity contribution in [3.63, 3.8) is 0 Å². The summed E-state index contributed by atoms with van der Waals surface area (Å²) in [5.74, 6) is -0.399. The molecule has 0 aliphatic rings. The molecule has 0 aliphatic heterocycles. The van der Waals surface area contributed by atoms with Gasteiger partial charge in [0.1, 0.15) is 5.82 Å². The minimum atomic E-state index is -0.399. The highest BCUT2D eigenvalue weighted by Gasteiger charge is 2.06. The highest BCUT2D eigenvalue weighted by atomic mass is 35.5. The Hall–Kier alpha value is -1.81. The number of aromatic nitrogens is 1. The minimum absolute atomic E-state index is 0.107. The molecule has 88 valence electrons. The van der Waals surface area contributed by atoms with E-state index in [4.69, 9.17) is 17.3 Å². The summed E-state index contributed by atoms with van der Waals surface area (Å²) in [4.78, 5) is 11.7. The maximum atomic E-state index is 13.5. The second kappa shape index (κ2) is 4.59. The van der Waals surface area contributed by atoms with Gasteiger partial charge in [-0.3, -0.25) is 4.79 Å². The van der Waals surface area contributed by atoms with E-state index in [1.807, 2.05) is 0 Å². The van der Waals surface area contributed by atoms with Crippen LogP contribution in [0.1, 0.15) is 5.56 Å². The highest BCUT2D eigenvalue weighted by Crippen LogP contribution is 2.15. The zero-order chi connectivity index (χ0) is 12.4. The number of anilines is 1. The molecule has 0 spiro atoms. The fraction of sp³-hybridized carbons (Fsp3) is 0.0833. The van der Waals surface area contributed by atoms with E-state index >= 15 is 0 Å². The average molecular weight is 253 g/mol. The van der Waals surface area contributed by atoms with E-state index in [2.05, 4.69) is 0 Å². The van der Waals surface area contributed by atoms with Gasteiger partial charge >= 0.3 is 0 Å². The largest absolute Gasteiger partial charge is 0.394 e. The van der Waals surface area contributed by atoms with Gasteiger partial charge in [0, 0.05) is 16.8 Å². The predicted molar refractivity (Wildman–Crippen MR) is 65.6 cm³/mol. The van der Waals surface area contributed by atoms with Gasteiger partial charge in [-0.05, 0) is 30.3 Å². The summed E-state index contributed by atoms with van der Waals surface area (Å²) in [5.41, 5.74) is 5.63. The summed E-state index contributed by atoms with van der Waals surface area (Å²) in [6.07, 6.45) is 1.55. The number of hydrogen-bond acceptors (Lipinski definition) is 2. The zero-order valence-corrected chi connectivity index (χ0v) is 9.62. The predicted octanol–water partition coefficient (Wildman–Crippen LogP) is 2.27. The SMILES string of the molecule is Nc1cccn(Cc2cc(Cl)ccc2F)c1=O. The van der Waals surface area contributed by atoms with Crippen molar-refractivity contribution in [1.29, 1.82) is 0 Å². The molecule has 0 unspecified atom stereocenters. The molecule has 5 heteroatoms. The zero-order valence-electron chi connectivity index (χ0n) is 8.86. The molecule has 1 heterocycles. The van der Waals surface area contributed by atoms with Gasteiger partial charge in [-0.15, -0.1) is 0 Å².